The van der Waals surface area contributed by atoms with Crippen molar-refractivity contribution in [2.45, 2.75) is 20.3 Å². The van der Waals surface area contributed by atoms with Crippen molar-refractivity contribution < 1.29 is 4.79 Å². The number of aromatic nitrogens is 1. The summed E-state index contributed by atoms with van der Waals surface area (Å²) >= 11 is 0. The molecule has 2 aromatic heterocycles. The third-order valence-electron chi connectivity index (χ3n) is 3.85. The first-order chi connectivity index (χ1) is 9.74. The standard InChI is InChI=1S/C18H17NO/c1-3-14-6-8-15(9-7-14)16-11-17-13(2)5-4-10-19(17)18(16)12-20/h4-12H,3H2,1-2H3. The Morgan fingerprint density at radius 3 is 2.55 bits per heavy atom. The molecule has 100 valence electrons. The number of aryl methyl sites for hydroxylation is 2. The summed E-state index contributed by atoms with van der Waals surface area (Å²) in [4.78, 5) is 11.5. The zero-order valence-corrected chi connectivity index (χ0v) is 11.8. The van der Waals surface area contributed by atoms with Gasteiger partial charge in [0, 0.05) is 17.3 Å². The Hall–Kier alpha value is -2.35. The van der Waals surface area contributed by atoms with Crippen LogP contribution in [0.5, 0.6) is 0 Å². The second kappa shape index (κ2) is 4.97. The van der Waals surface area contributed by atoms with Crippen molar-refractivity contribution in [3.05, 3.63) is 65.5 Å². The van der Waals surface area contributed by atoms with E-state index in [1.807, 2.05) is 16.7 Å². The molecule has 0 bridgehead atoms. The Balaban J connectivity index is 2.24. The summed E-state index contributed by atoms with van der Waals surface area (Å²) in [6, 6.07) is 14.6. The highest BCUT2D eigenvalue weighted by Gasteiger charge is 2.12. The molecule has 20 heavy (non-hydrogen) atoms. The molecule has 0 saturated heterocycles. The molecular weight excluding hydrogens is 246 g/mol. The van der Waals surface area contributed by atoms with Crippen LogP contribution in [0.1, 0.15) is 28.5 Å². The molecule has 1 aromatic carbocycles. The van der Waals surface area contributed by atoms with Gasteiger partial charge in [0.15, 0.2) is 6.29 Å². The normalized spacial score (nSPS) is 10.9. The molecule has 0 fully saturated rings. The second-order valence-corrected chi connectivity index (χ2v) is 5.06. The zero-order valence-electron chi connectivity index (χ0n) is 11.8. The third kappa shape index (κ3) is 1.94. The van der Waals surface area contributed by atoms with Crippen LogP contribution in [0.25, 0.3) is 16.6 Å². The number of carbonyl (C=O) groups excluding carboxylic acids is 1. The van der Waals surface area contributed by atoms with Crippen LogP contribution in [0.15, 0.2) is 48.7 Å². The molecule has 2 heterocycles. The zero-order chi connectivity index (χ0) is 14.1. The Bertz CT molecular complexity index is 766. The van der Waals surface area contributed by atoms with E-state index in [1.165, 1.54) is 11.1 Å². The average Bonchev–Trinajstić information content (AvgIpc) is 2.87. The van der Waals surface area contributed by atoms with Gasteiger partial charge in [0.1, 0.15) is 0 Å². The SMILES string of the molecule is CCc1ccc(-c2cc3c(C)cccn3c2C=O)cc1. The second-order valence-electron chi connectivity index (χ2n) is 5.06. The van der Waals surface area contributed by atoms with Gasteiger partial charge in [-0.3, -0.25) is 4.79 Å². The first kappa shape index (κ1) is 12.7. The molecular formula is C18H17NO. The largest absolute Gasteiger partial charge is 0.313 e. The van der Waals surface area contributed by atoms with E-state index in [2.05, 4.69) is 50.2 Å². The summed E-state index contributed by atoms with van der Waals surface area (Å²) in [6.45, 7) is 4.20. The van der Waals surface area contributed by atoms with E-state index in [1.54, 1.807) is 0 Å². The number of hydrogen-bond acceptors (Lipinski definition) is 1. The van der Waals surface area contributed by atoms with Gasteiger partial charge in [-0.15, -0.1) is 0 Å². The molecule has 3 aromatic rings. The smallest absolute Gasteiger partial charge is 0.167 e. The van der Waals surface area contributed by atoms with E-state index < -0.39 is 0 Å². The molecule has 2 nitrogen and oxygen atoms in total. The highest BCUT2D eigenvalue weighted by Crippen LogP contribution is 2.28. The summed E-state index contributed by atoms with van der Waals surface area (Å²) in [5.41, 5.74) is 6.37. The van der Waals surface area contributed by atoms with Gasteiger partial charge in [-0.1, -0.05) is 37.3 Å². The summed E-state index contributed by atoms with van der Waals surface area (Å²) in [5, 5.41) is 0. The summed E-state index contributed by atoms with van der Waals surface area (Å²) < 4.78 is 1.96. The van der Waals surface area contributed by atoms with E-state index in [0.717, 1.165) is 29.4 Å². The lowest BCUT2D eigenvalue weighted by molar-refractivity contribution is 0.111. The minimum atomic E-state index is 0.716. The Kier molecular flexibility index (Phi) is 3.15. The fourth-order valence-electron chi connectivity index (χ4n) is 2.63. The number of carbonyl (C=O) groups is 1. The third-order valence-corrected chi connectivity index (χ3v) is 3.85. The van der Waals surface area contributed by atoms with Crippen molar-refractivity contribution in [2.75, 3.05) is 0 Å². The van der Waals surface area contributed by atoms with Crippen LogP contribution in [0.4, 0.5) is 0 Å². The minimum absolute atomic E-state index is 0.716. The first-order valence-electron chi connectivity index (χ1n) is 6.89. The van der Waals surface area contributed by atoms with E-state index >= 15 is 0 Å². The van der Waals surface area contributed by atoms with E-state index in [4.69, 9.17) is 0 Å². The predicted molar refractivity (Wildman–Crippen MR) is 82.3 cm³/mol. The van der Waals surface area contributed by atoms with Crippen LogP contribution in [0.3, 0.4) is 0 Å². The van der Waals surface area contributed by atoms with Crippen molar-refractivity contribution in [3.63, 3.8) is 0 Å². The van der Waals surface area contributed by atoms with Gasteiger partial charge in [0.25, 0.3) is 0 Å². The molecule has 0 aliphatic carbocycles. The van der Waals surface area contributed by atoms with Gasteiger partial charge < -0.3 is 4.40 Å². The fourth-order valence-corrected chi connectivity index (χ4v) is 2.63. The number of aldehydes is 1. The van der Waals surface area contributed by atoms with E-state index in [-0.39, 0.29) is 0 Å². The summed E-state index contributed by atoms with van der Waals surface area (Å²) in [7, 11) is 0. The number of benzene rings is 1. The van der Waals surface area contributed by atoms with Crippen LogP contribution in [0, 0.1) is 6.92 Å². The molecule has 0 aliphatic heterocycles. The maximum absolute atomic E-state index is 11.5. The van der Waals surface area contributed by atoms with Crippen molar-refractivity contribution in [2.24, 2.45) is 0 Å². The Labute approximate surface area is 118 Å². The molecule has 0 unspecified atom stereocenters. The van der Waals surface area contributed by atoms with Crippen LogP contribution in [-0.4, -0.2) is 10.7 Å². The number of rotatable bonds is 3. The van der Waals surface area contributed by atoms with Crippen molar-refractivity contribution in [1.29, 1.82) is 0 Å². The lowest BCUT2D eigenvalue weighted by Gasteiger charge is -2.02. The monoisotopic (exact) mass is 263 g/mol. The number of fused-ring (bicyclic) bond motifs is 1. The molecule has 0 saturated carbocycles. The van der Waals surface area contributed by atoms with Gasteiger partial charge in [-0.25, -0.2) is 0 Å². The molecule has 0 amide bonds. The fraction of sp³-hybridized carbons (Fsp3) is 0.167. The quantitative estimate of drug-likeness (QED) is 0.646. The highest BCUT2D eigenvalue weighted by atomic mass is 16.1. The van der Waals surface area contributed by atoms with Crippen LogP contribution < -0.4 is 0 Å². The molecule has 0 N–H and O–H groups in total. The van der Waals surface area contributed by atoms with Crippen LogP contribution >= 0.6 is 0 Å². The molecule has 0 aliphatic rings. The number of pyridine rings is 1. The molecule has 0 atom stereocenters. The first-order valence-corrected chi connectivity index (χ1v) is 6.89. The van der Waals surface area contributed by atoms with Gasteiger partial charge in [-0.2, -0.15) is 0 Å². The Morgan fingerprint density at radius 1 is 1.15 bits per heavy atom. The van der Waals surface area contributed by atoms with Crippen molar-refractivity contribution in [1.82, 2.24) is 4.40 Å². The van der Waals surface area contributed by atoms with Gasteiger partial charge in [0.05, 0.1) is 5.69 Å². The topological polar surface area (TPSA) is 21.5 Å². The van der Waals surface area contributed by atoms with Gasteiger partial charge in [-0.05, 0) is 42.2 Å². The van der Waals surface area contributed by atoms with Crippen LogP contribution in [0.2, 0.25) is 0 Å². The lowest BCUT2D eigenvalue weighted by atomic mass is 10.0. The predicted octanol–water partition coefficient (Wildman–Crippen LogP) is 4.29. The van der Waals surface area contributed by atoms with E-state index in [0.29, 0.717) is 5.69 Å². The number of hydrogen-bond donors (Lipinski definition) is 0. The maximum Gasteiger partial charge on any atom is 0.167 e. The summed E-state index contributed by atoms with van der Waals surface area (Å²) in [5.74, 6) is 0. The Morgan fingerprint density at radius 2 is 1.90 bits per heavy atom. The molecule has 2 heteroatoms. The summed E-state index contributed by atoms with van der Waals surface area (Å²) in [6.07, 6.45) is 3.91. The average molecular weight is 263 g/mol. The van der Waals surface area contributed by atoms with Crippen molar-refractivity contribution >= 4 is 11.8 Å². The van der Waals surface area contributed by atoms with Gasteiger partial charge in [0.2, 0.25) is 0 Å². The maximum atomic E-state index is 11.5. The minimum Gasteiger partial charge on any atom is -0.313 e. The van der Waals surface area contributed by atoms with Crippen LogP contribution in [-0.2, 0) is 6.42 Å². The highest BCUT2D eigenvalue weighted by molar-refractivity contribution is 5.90. The molecule has 0 spiro atoms. The lowest BCUT2D eigenvalue weighted by Crippen LogP contribution is -1.93. The molecule has 3 rings (SSSR count). The van der Waals surface area contributed by atoms with Crippen molar-refractivity contribution in [3.8, 4) is 11.1 Å². The number of nitrogens with zero attached hydrogens (tertiary/aromatic N) is 1. The molecule has 0 radical (unpaired) electrons. The van der Waals surface area contributed by atoms with E-state index in [9.17, 15) is 4.79 Å². The van der Waals surface area contributed by atoms with Gasteiger partial charge >= 0.3 is 0 Å².